The van der Waals surface area contributed by atoms with Crippen LogP contribution in [0.5, 0.6) is 5.75 Å². The van der Waals surface area contributed by atoms with Crippen LogP contribution in [0.3, 0.4) is 0 Å². The van der Waals surface area contributed by atoms with Crippen molar-refractivity contribution in [1.29, 1.82) is 0 Å². The van der Waals surface area contributed by atoms with Gasteiger partial charge in [0.15, 0.2) is 11.9 Å². The van der Waals surface area contributed by atoms with Gasteiger partial charge in [0.1, 0.15) is 5.75 Å². The summed E-state index contributed by atoms with van der Waals surface area (Å²) < 4.78 is 5.86. The molecule has 0 spiro atoms. The van der Waals surface area contributed by atoms with E-state index >= 15 is 0 Å². The van der Waals surface area contributed by atoms with Crippen molar-refractivity contribution in [3.63, 3.8) is 0 Å². The van der Waals surface area contributed by atoms with E-state index in [-0.39, 0.29) is 5.91 Å². The molecule has 0 aliphatic carbocycles. The second kappa shape index (κ2) is 10.2. The molecule has 172 valence electrons. The van der Waals surface area contributed by atoms with Gasteiger partial charge in [0.25, 0.3) is 5.91 Å². The quantitative estimate of drug-likeness (QED) is 0.525. The number of hydrogen-bond donors (Lipinski definition) is 0. The Hall–Kier alpha value is -3.12. The number of piperazine rings is 1. The maximum Gasteiger partial charge on any atom is 0.263 e. The number of carbonyl (C=O) groups is 1. The summed E-state index contributed by atoms with van der Waals surface area (Å²) in [5.41, 5.74) is 4.15. The van der Waals surface area contributed by atoms with Gasteiger partial charge in [-0.15, -0.1) is 10.2 Å². The molecule has 7 heteroatoms. The molecule has 2 heterocycles. The monoisotopic (exact) mass is 464 g/mol. The minimum absolute atomic E-state index is 0.0146. The van der Waals surface area contributed by atoms with Gasteiger partial charge >= 0.3 is 0 Å². The molecule has 1 amide bonds. The molecule has 0 bridgehead atoms. The molecule has 33 heavy (non-hydrogen) atoms. The first-order valence-corrected chi connectivity index (χ1v) is 11.7. The molecular weight excluding hydrogens is 436 g/mol. The fourth-order valence-electron chi connectivity index (χ4n) is 3.92. The Balaban J connectivity index is 1.32. The van der Waals surface area contributed by atoms with Gasteiger partial charge in [-0.3, -0.25) is 4.79 Å². The molecule has 1 fully saturated rings. The Kier molecular flexibility index (Phi) is 7.14. The average Bonchev–Trinajstić information content (AvgIpc) is 2.86. The Labute approximate surface area is 200 Å². The van der Waals surface area contributed by atoms with E-state index in [2.05, 4.69) is 46.3 Å². The smallest absolute Gasteiger partial charge is 0.263 e. The SMILES string of the molecule is CCc1ccc(-c2ccc(N3CCN(C(=O)C(C)Oc4ccc(Cl)c(C)c4)CC3)nn2)cc1. The van der Waals surface area contributed by atoms with Crippen LogP contribution in [0.1, 0.15) is 25.0 Å². The fraction of sp³-hybridized carbons (Fsp3) is 0.346. The van der Waals surface area contributed by atoms with Crippen molar-refractivity contribution in [3.05, 3.63) is 70.7 Å². The first kappa shape index (κ1) is 23.1. The third-order valence-corrected chi connectivity index (χ3v) is 6.44. The van der Waals surface area contributed by atoms with Gasteiger partial charge in [-0.2, -0.15) is 0 Å². The Morgan fingerprint density at radius 3 is 2.36 bits per heavy atom. The van der Waals surface area contributed by atoms with Crippen molar-refractivity contribution in [2.24, 2.45) is 0 Å². The normalized spacial score (nSPS) is 14.8. The molecule has 1 aliphatic rings. The van der Waals surface area contributed by atoms with Gasteiger partial charge in [-0.05, 0) is 61.7 Å². The predicted octanol–water partition coefficient (Wildman–Crippen LogP) is 4.78. The van der Waals surface area contributed by atoms with Crippen LogP contribution in [0.2, 0.25) is 5.02 Å². The zero-order valence-electron chi connectivity index (χ0n) is 19.3. The number of anilines is 1. The average molecular weight is 465 g/mol. The molecule has 0 N–H and O–H groups in total. The number of aromatic nitrogens is 2. The number of aryl methyl sites for hydroxylation is 2. The van der Waals surface area contributed by atoms with Gasteiger partial charge < -0.3 is 14.5 Å². The molecule has 6 nitrogen and oxygen atoms in total. The molecule has 1 aromatic heterocycles. The number of ether oxygens (including phenoxy) is 1. The molecule has 2 aromatic carbocycles. The number of nitrogens with zero attached hydrogens (tertiary/aromatic N) is 4. The topological polar surface area (TPSA) is 58.6 Å². The molecule has 1 aliphatic heterocycles. The molecule has 0 radical (unpaired) electrons. The van der Waals surface area contributed by atoms with E-state index in [1.807, 2.05) is 30.0 Å². The minimum Gasteiger partial charge on any atom is -0.481 e. The summed E-state index contributed by atoms with van der Waals surface area (Å²) >= 11 is 6.07. The lowest BCUT2D eigenvalue weighted by Crippen LogP contribution is -2.52. The molecule has 1 atom stereocenters. The number of carbonyl (C=O) groups excluding carboxylic acids is 1. The number of halogens is 1. The molecule has 3 aromatic rings. The van der Waals surface area contributed by atoms with Crippen molar-refractivity contribution in [1.82, 2.24) is 15.1 Å². The summed E-state index contributed by atoms with van der Waals surface area (Å²) in [7, 11) is 0. The summed E-state index contributed by atoms with van der Waals surface area (Å²) in [6, 6.07) is 17.9. The molecule has 4 rings (SSSR count). The maximum absolute atomic E-state index is 12.9. The third kappa shape index (κ3) is 5.45. The second-order valence-corrected chi connectivity index (χ2v) is 8.72. The van der Waals surface area contributed by atoms with Crippen LogP contribution in [-0.4, -0.2) is 53.3 Å². The lowest BCUT2D eigenvalue weighted by Gasteiger charge is -2.36. The lowest BCUT2D eigenvalue weighted by molar-refractivity contribution is -0.138. The van der Waals surface area contributed by atoms with Crippen LogP contribution in [0.15, 0.2) is 54.6 Å². The zero-order valence-corrected chi connectivity index (χ0v) is 20.0. The van der Waals surface area contributed by atoms with E-state index in [1.165, 1.54) is 5.56 Å². The highest BCUT2D eigenvalue weighted by Gasteiger charge is 2.26. The van der Waals surface area contributed by atoms with Crippen molar-refractivity contribution in [2.45, 2.75) is 33.3 Å². The van der Waals surface area contributed by atoms with E-state index in [4.69, 9.17) is 16.3 Å². The standard InChI is InChI=1S/C26H29ClN4O2/c1-4-20-5-7-21(8-6-20)24-11-12-25(29-28-24)30-13-15-31(16-14-30)26(32)19(3)33-22-9-10-23(27)18(2)17-22/h5-12,17,19H,4,13-16H2,1-3H3. The third-order valence-electron chi connectivity index (χ3n) is 6.01. The highest BCUT2D eigenvalue weighted by atomic mass is 35.5. The van der Waals surface area contributed by atoms with E-state index in [9.17, 15) is 4.79 Å². The summed E-state index contributed by atoms with van der Waals surface area (Å²) in [5, 5.41) is 9.54. The number of benzene rings is 2. The van der Waals surface area contributed by atoms with E-state index in [1.54, 1.807) is 19.1 Å². The Morgan fingerprint density at radius 2 is 1.76 bits per heavy atom. The molecule has 1 saturated heterocycles. The highest BCUT2D eigenvalue weighted by Crippen LogP contribution is 2.23. The largest absolute Gasteiger partial charge is 0.481 e. The van der Waals surface area contributed by atoms with Crippen molar-refractivity contribution < 1.29 is 9.53 Å². The second-order valence-electron chi connectivity index (χ2n) is 8.31. The van der Waals surface area contributed by atoms with Gasteiger partial charge in [-0.25, -0.2) is 0 Å². The Morgan fingerprint density at radius 1 is 1.03 bits per heavy atom. The fourth-order valence-corrected chi connectivity index (χ4v) is 4.03. The van der Waals surface area contributed by atoms with Gasteiger partial charge in [0.2, 0.25) is 0 Å². The number of hydrogen-bond acceptors (Lipinski definition) is 5. The zero-order chi connectivity index (χ0) is 23.4. The first-order valence-electron chi connectivity index (χ1n) is 11.3. The first-order chi connectivity index (χ1) is 15.9. The van der Waals surface area contributed by atoms with Crippen LogP contribution >= 0.6 is 11.6 Å². The molecular formula is C26H29ClN4O2. The van der Waals surface area contributed by atoms with Gasteiger partial charge in [0, 0.05) is 36.8 Å². The van der Waals surface area contributed by atoms with Crippen molar-refractivity contribution >= 4 is 23.3 Å². The lowest BCUT2D eigenvalue weighted by atomic mass is 10.1. The van der Waals surface area contributed by atoms with E-state index in [0.717, 1.165) is 29.1 Å². The van der Waals surface area contributed by atoms with Crippen LogP contribution in [-0.2, 0) is 11.2 Å². The summed E-state index contributed by atoms with van der Waals surface area (Å²) in [6.45, 7) is 8.50. The van der Waals surface area contributed by atoms with E-state index < -0.39 is 6.10 Å². The summed E-state index contributed by atoms with van der Waals surface area (Å²) in [6.07, 6.45) is 0.459. The number of amides is 1. The highest BCUT2D eigenvalue weighted by molar-refractivity contribution is 6.31. The van der Waals surface area contributed by atoms with Crippen LogP contribution in [0, 0.1) is 6.92 Å². The maximum atomic E-state index is 12.9. The Bertz CT molecular complexity index is 1090. The minimum atomic E-state index is -0.560. The van der Waals surface area contributed by atoms with Crippen LogP contribution < -0.4 is 9.64 Å². The van der Waals surface area contributed by atoms with Crippen LogP contribution in [0.25, 0.3) is 11.3 Å². The molecule has 0 saturated carbocycles. The van der Waals surface area contributed by atoms with Gasteiger partial charge in [0.05, 0.1) is 5.69 Å². The van der Waals surface area contributed by atoms with Gasteiger partial charge in [-0.1, -0.05) is 42.8 Å². The van der Waals surface area contributed by atoms with E-state index in [0.29, 0.717) is 37.0 Å². The predicted molar refractivity (Wildman–Crippen MR) is 132 cm³/mol. The summed E-state index contributed by atoms with van der Waals surface area (Å²) in [4.78, 5) is 16.9. The summed E-state index contributed by atoms with van der Waals surface area (Å²) in [5.74, 6) is 1.47. The molecule has 1 unspecified atom stereocenters. The van der Waals surface area contributed by atoms with Crippen molar-refractivity contribution in [3.8, 4) is 17.0 Å². The van der Waals surface area contributed by atoms with Crippen LogP contribution in [0.4, 0.5) is 5.82 Å². The van der Waals surface area contributed by atoms with Crippen molar-refractivity contribution in [2.75, 3.05) is 31.1 Å². The number of rotatable bonds is 6.